The second kappa shape index (κ2) is 3.08. The normalized spacial score (nSPS) is 11.8. The van der Waals surface area contributed by atoms with Crippen LogP contribution in [0.2, 0.25) is 5.02 Å². The zero-order chi connectivity index (χ0) is 9.35. The van der Waals surface area contributed by atoms with Gasteiger partial charge in [-0.3, -0.25) is 0 Å². The Morgan fingerprint density at radius 3 is 2.33 bits per heavy atom. The Labute approximate surface area is 78.5 Å². The Hall–Kier alpha value is -0.530. The summed E-state index contributed by atoms with van der Waals surface area (Å²) in [4.78, 5) is 0. The second-order valence-corrected chi connectivity index (χ2v) is 4.09. The van der Waals surface area contributed by atoms with Gasteiger partial charge in [0, 0.05) is 10.6 Å². The molecule has 1 aromatic carbocycles. The highest BCUT2D eigenvalue weighted by molar-refractivity contribution is 6.31. The Balaban J connectivity index is 3.14. The lowest BCUT2D eigenvalue weighted by molar-refractivity contribution is 0.554. The van der Waals surface area contributed by atoms with E-state index in [4.69, 9.17) is 17.3 Å². The molecule has 0 unspecified atom stereocenters. The largest absolute Gasteiger partial charge is 0.322 e. The van der Waals surface area contributed by atoms with E-state index in [1.165, 1.54) is 0 Å². The summed E-state index contributed by atoms with van der Waals surface area (Å²) < 4.78 is 0. The lowest BCUT2D eigenvalue weighted by Crippen LogP contribution is -2.28. The number of hydrogen-bond donors (Lipinski definition) is 1. The molecule has 0 radical (unpaired) electrons. The molecule has 1 nitrogen and oxygen atoms in total. The van der Waals surface area contributed by atoms with Crippen molar-refractivity contribution in [3.8, 4) is 0 Å². The molecular weight excluding hydrogens is 170 g/mol. The molecule has 0 bridgehead atoms. The van der Waals surface area contributed by atoms with Crippen molar-refractivity contribution in [2.24, 2.45) is 5.73 Å². The molecule has 0 spiro atoms. The molecule has 0 amide bonds. The third-order valence-electron chi connectivity index (χ3n) is 1.92. The van der Waals surface area contributed by atoms with Gasteiger partial charge in [-0.2, -0.15) is 0 Å². The highest BCUT2D eigenvalue weighted by Crippen LogP contribution is 2.23. The third kappa shape index (κ3) is 1.99. The van der Waals surface area contributed by atoms with Gasteiger partial charge in [-0.25, -0.2) is 0 Å². The summed E-state index contributed by atoms with van der Waals surface area (Å²) in [5.41, 5.74) is 7.76. The van der Waals surface area contributed by atoms with Crippen molar-refractivity contribution in [2.75, 3.05) is 0 Å². The quantitative estimate of drug-likeness (QED) is 0.712. The Kier molecular flexibility index (Phi) is 2.45. The smallest absolute Gasteiger partial charge is 0.0438 e. The first-order valence-electron chi connectivity index (χ1n) is 3.97. The van der Waals surface area contributed by atoms with E-state index in [1.54, 1.807) is 0 Å². The monoisotopic (exact) mass is 183 g/mol. The molecule has 1 rings (SSSR count). The second-order valence-electron chi connectivity index (χ2n) is 3.69. The molecule has 2 N–H and O–H groups in total. The molecule has 0 saturated carbocycles. The summed E-state index contributed by atoms with van der Waals surface area (Å²) in [6, 6.07) is 5.93. The van der Waals surface area contributed by atoms with Crippen molar-refractivity contribution in [1.29, 1.82) is 0 Å². The van der Waals surface area contributed by atoms with Gasteiger partial charge in [0.15, 0.2) is 0 Å². The van der Waals surface area contributed by atoms with Gasteiger partial charge in [0.05, 0.1) is 0 Å². The first-order valence-corrected chi connectivity index (χ1v) is 4.34. The van der Waals surface area contributed by atoms with E-state index in [0.717, 1.165) is 16.1 Å². The van der Waals surface area contributed by atoms with E-state index in [9.17, 15) is 0 Å². The summed E-state index contributed by atoms with van der Waals surface area (Å²) in [5, 5.41) is 0.783. The van der Waals surface area contributed by atoms with Crippen LogP contribution in [0.3, 0.4) is 0 Å². The van der Waals surface area contributed by atoms with Crippen LogP contribution in [-0.4, -0.2) is 0 Å². The van der Waals surface area contributed by atoms with E-state index in [0.29, 0.717) is 0 Å². The summed E-state index contributed by atoms with van der Waals surface area (Å²) >= 11 is 5.96. The van der Waals surface area contributed by atoms with Crippen LogP contribution in [0.1, 0.15) is 25.0 Å². The SMILES string of the molecule is Cc1ccc(C(C)(C)N)cc1Cl. The van der Waals surface area contributed by atoms with E-state index < -0.39 is 0 Å². The zero-order valence-electron chi connectivity index (χ0n) is 7.69. The molecule has 0 fully saturated rings. The predicted octanol–water partition coefficient (Wildman–Crippen LogP) is 2.84. The first kappa shape index (κ1) is 9.56. The molecule has 0 aliphatic rings. The van der Waals surface area contributed by atoms with Gasteiger partial charge in [0.2, 0.25) is 0 Å². The van der Waals surface area contributed by atoms with Crippen LogP contribution in [0.25, 0.3) is 0 Å². The van der Waals surface area contributed by atoms with Crippen LogP contribution in [-0.2, 0) is 5.54 Å². The van der Waals surface area contributed by atoms with Crippen molar-refractivity contribution < 1.29 is 0 Å². The summed E-state index contributed by atoms with van der Waals surface area (Å²) in [5.74, 6) is 0. The van der Waals surface area contributed by atoms with Gasteiger partial charge in [-0.1, -0.05) is 23.7 Å². The third-order valence-corrected chi connectivity index (χ3v) is 2.32. The highest BCUT2D eigenvalue weighted by Gasteiger charge is 2.14. The number of benzene rings is 1. The van der Waals surface area contributed by atoms with E-state index in [-0.39, 0.29) is 5.54 Å². The Morgan fingerprint density at radius 2 is 1.92 bits per heavy atom. The minimum atomic E-state index is -0.308. The molecule has 66 valence electrons. The molecule has 0 atom stereocenters. The number of hydrogen-bond acceptors (Lipinski definition) is 1. The van der Waals surface area contributed by atoms with Crippen molar-refractivity contribution in [2.45, 2.75) is 26.3 Å². The number of nitrogens with two attached hydrogens (primary N) is 1. The van der Waals surface area contributed by atoms with E-state index in [2.05, 4.69) is 0 Å². The fourth-order valence-corrected chi connectivity index (χ4v) is 1.17. The van der Waals surface area contributed by atoms with Crippen LogP contribution in [0.15, 0.2) is 18.2 Å². The van der Waals surface area contributed by atoms with Crippen molar-refractivity contribution in [3.63, 3.8) is 0 Å². The van der Waals surface area contributed by atoms with Crippen LogP contribution in [0.5, 0.6) is 0 Å². The topological polar surface area (TPSA) is 26.0 Å². The average Bonchev–Trinajstić information content (AvgIpc) is 1.92. The molecule has 0 heterocycles. The molecule has 12 heavy (non-hydrogen) atoms. The molecule has 1 aromatic rings. The van der Waals surface area contributed by atoms with Crippen molar-refractivity contribution >= 4 is 11.6 Å². The predicted molar refractivity (Wildman–Crippen MR) is 53.4 cm³/mol. The van der Waals surface area contributed by atoms with Crippen molar-refractivity contribution in [3.05, 3.63) is 34.3 Å². The summed E-state index contributed by atoms with van der Waals surface area (Å²) in [6.45, 7) is 5.91. The lowest BCUT2D eigenvalue weighted by atomic mass is 9.95. The maximum Gasteiger partial charge on any atom is 0.0438 e. The number of aryl methyl sites for hydroxylation is 1. The van der Waals surface area contributed by atoms with E-state index >= 15 is 0 Å². The molecule has 0 saturated heterocycles. The fraction of sp³-hybridized carbons (Fsp3) is 0.400. The Morgan fingerprint density at radius 1 is 1.33 bits per heavy atom. The standard InChI is InChI=1S/C10H14ClN/c1-7-4-5-8(6-9(7)11)10(2,3)12/h4-6H,12H2,1-3H3. The number of rotatable bonds is 1. The molecule has 2 heteroatoms. The summed E-state index contributed by atoms with van der Waals surface area (Å²) in [6.07, 6.45) is 0. The lowest BCUT2D eigenvalue weighted by Gasteiger charge is -2.19. The average molecular weight is 184 g/mol. The van der Waals surface area contributed by atoms with Crippen molar-refractivity contribution in [1.82, 2.24) is 0 Å². The maximum atomic E-state index is 5.96. The zero-order valence-corrected chi connectivity index (χ0v) is 8.44. The molecule has 0 aliphatic heterocycles. The maximum absolute atomic E-state index is 5.96. The highest BCUT2D eigenvalue weighted by atomic mass is 35.5. The van der Waals surface area contributed by atoms with Gasteiger partial charge in [-0.05, 0) is 38.0 Å². The number of halogens is 1. The van der Waals surface area contributed by atoms with E-state index in [1.807, 2.05) is 39.0 Å². The molecular formula is C10H14ClN. The van der Waals surface area contributed by atoms with Crippen LogP contribution < -0.4 is 5.73 Å². The van der Waals surface area contributed by atoms with Gasteiger partial charge in [0.1, 0.15) is 0 Å². The molecule has 0 aromatic heterocycles. The summed E-state index contributed by atoms with van der Waals surface area (Å²) in [7, 11) is 0. The minimum Gasteiger partial charge on any atom is -0.322 e. The Bertz CT molecular complexity index is 286. The van der Waals surface area contributed by atoms with Gasteiger partial charge in [0.25, 0.3) is 0 Å². The molecule has 0 aliphatic carbocycles. The van der Waals surface area contributed by atoms with Crippen LogP contribution in [0, 0.1) is 6.92 Å². The fourth-order valence-electron chi connectivity index (χ4n) is 0.994. The van der Waals surface area contributed by atoms with Gasteiger partial charge >= 0.3 is 0 Å². The van der Waals surface area contributed by atoms with Gasteiger partial charge < -0.3 is 5.73 Å². The van der Waals surface area contributed by atoms with Crippen LogP contribution in [0.4, 0.5) is 0 Å². The minimum absolute atomic E-state index is 0.308. The van der Waals surface area contributed by atoms with Gasteiger partial charge in [-0.15, -0.1) is 0 Å². The van der Waals surface area contributed by atoms with Crippen LogP contribution >= 0.6 is 11.6 Å². The first-order chi connectivity index (χ1) is 5.41.